The first-order valence-corrected chi connectivity index (χ1v) is 1.82. The van der Waals surface area contributed by atoms with Crippen LogP contribution in [0.4, 0.5) is 0 Å². The topological polar surface area (TPSA) is 0 Å². The zero-order valence-corrected chi connectivity index (χ0v) is 4.13. The molecule has 0 bridgehead atoms. The second kappa shape index (κ2) is 2.19. The Kier molecular flexibility index (Phi) is 2.17. The fraction of sp³-hybridized carbons (Fsp3) is 0.500. The molecule has 0 radical (unpaired) electrons. The molecule has 0 aromatic carbocycles. The lowest BCUT2D eigenvalue weighted by Crippen LogP contribution is -1.47. The molecule has 0 aromatic rings. The van der Waals surface area contributed by atoms with Crippen LogP contribution in [0.15, 0.2) is 5.03 Å². The molecule has 0 amide bonds. The lowest BCUT2D eigenvalue weighted by Gasteiger charge is -1.51. The molecule has 0 aliphatic heterocycles. The summed E-state index contributed by atoms with van der Waals surface area (Å²) in [6, 6.07) is 0. The molecule has 5 heavy (non-hydrogen) atoms. The molecule has 0 aliphatic carbocycles. The van der Waals surface area contributed by atoms with Gasteiger partial charge in [-0.2, -0.15) is 0 Å². The van der Waals surface area contributed by atoms with Crippen LogP contribution < -0.4 is 0 Å². The Hall–Kier alpha value is -0.0600. The van der Waals surface area contributed by atoms with Crippen molar-refractivity contribution in [2.45, 2.75) is 13.8 Å². The van der Waals surface area contributed by atoms with E-state index in [0.29, 0.717) is 0 Å². The summed E-state index contributed by atoms with van der Waals surface area (Å²) in [6.45, 7) is 3.57. The van der Waals surface area contributed by atoms with Gasteiger partial charge in [-0.05, 0) is 11.6 Å². The minimum absolute atomic E-state index is 0.727. The van der Waals surface area contributed by atoms with E-state index in [-0.39, 0.29) is 0 Å². The van der Waals surface area contributed by atoms with E-state index >= 15 is 0 Å². The van der Waals surface area contributed by atoms with Crippen LogP contribution in [0.25, 0.3) is 0 Å². The van der Waals surface area contributed by atoms with Gasteiger partial charge in [0.1, 0.15) is 0 Å². The zero-order valence-electron chi connectivity index (χ0n) is 3.38. The van der Waals surface area contributed by atoms with Crippen LogP contribution in [0, 0.1) is 6.08 Å². The van der Waals surface area contributed by atoms with Crippen LogP contribution >= 0.6 is 11.6 Å². The second-order valence-corrected chi connectivity index (χ2v) is 1.35. The molecule has 28 valence electrons. The molecule has 0 unspecified atom stereocenters. The maximum absolute atomic E-state index is 5.27. The van der Waals surface area contributed by atoms with Gasteiger partial charge in [-0.15, -0.1) is 0 Å². The first-order chi connectivity index (χ1) is 2.27. The summed E-state index contributed by atoms with van der Waals surface area (Å²) in [5.41, 5.74) is 0. The average Bonchev–Trinajstić information content (AvgIpc) is 1.38. The minimum Gasteiger partial charge on any atom is -0.0292 e. The van der Waals surface area contributed by atoms with Gasteiger partial charge in [0.05, 0.1) is 0 Å². The molecule has 1 heteroatoms. The Labute approximate surface area is 37.4 Å². The maximum Gasteiger partial charge on any atom is 0.251 e. The van der Waals surface area contributed by atoms with Crippen molar-refractivity contribution in [3.8, 4) is 0 Å². The average molecular weight is 89.5 g/mol. The summed E-state index contributed by atoms with van der Waals surface area (Å²) in [7, 11) is 0. The number of allylic oxidation sites excluding steroid dienone is 2. The van der Waals surface area contributed by atoms with Crippen LogP contribution in [-0.4, -0.2) is 0 Å². The maximum atomic E-state index is 5.27. The van der Waals surface area contributed by atoms with Crippen LogP contribution in [0.5, 0.6) is 0 Å². The summed E-state index contributed by atoms with van der Waals surface area (Å²) in [6.07, 6.45) is 2.71. The molecule has 0 fully saturated rings. The molecule has 0 atom stereocenters. The molecule has 0 saturated carbocycles. The van der Waals surface area contributed by atoms with Crippen molar-refractivity contribution in [2.24, 2.45) is 0 Å². The van der Waals surface area contributed by atoms with Crippen molar-refractivity contribution >= 4 is 11.6 Å². The summed E-state index contributed by atoms with van der Waals surface area (Å²) >= 11 is 5.27. The van der Waals surface area contributed by atoms with E-state index < -0.39 is 0 Å². The number of hydrogen-bond acceptors (Lipinski definition) is 0. The van der Waals surface area contributed by atoms with E-state index in [1.807, 2.05) is 0 Å². The molecular weight excluding hydrogens is 83.5 g/mol. The Balaban J connectivity index is 3.14. The number of rotatable bonds is 0. The van der Waals surface area contributed by atoms with Gasteiger partial charge in [-0.3, -0.25) is 0 Å². The lowest BCUT2D eigenvalue weighted by atomic mass is 10.6. The van der Waals surface area contributed by atoms with Crippen molar-refractivity contribution in [3.05, 3.63) is 11.1 Å². The van der Waals surface area contributed by atoms with Gasteiger partial charge < -0.3 is 0 Å². The van der Waals surface area contributed by atoms with Gasteiger partial charge in [0, 0.05) is 6.92 Å². The molecule has 0 aromatic heterocycles. The van der Waals surface area contributed by atoms with Crippen LogP contribution in [0.2, 0.25) is 0 Å². The molecular formula is C4H6Cl+. The molecule has 0 N–H and O–H groups in total. The van der Waals surface area contributed by atoms with Gasteiger partial charge >= 0.3 is 0 Å². The SMILES string of the molecule is C[C+]=C(C)Cl. The van der Waals surface area contributed by atoms with Crippen molar-refractivity contribution in [1.82, 2.24) is 0 Å². The highest BCUT2D eigenvalue weighted by atomic mass is 35.5. The fourth-order valence-corrected chi connectivity index (χ4v) is 0. The predicted molar refractivity (Wildman–Crippen MR) is 24.0 cm³/mol. The molecule has 0 nitrogen and oxygen atoms in total. The Morgan fingerprint density at radius 1 is 1.80 bits per heavy atom. The molecule has 0 saturated heterocycles. The smallest absolute Gasteiger partial charge is 0.0292 e. The van der Waals surface area contributed by atoms with Gasteiger partial charge in [0.2, 0.25) is 6.08 Å². The van der Waals surface area contributed by atoms with E-state index in [1.54, 1.807) is 13.8 Å². The molecule has 0 spiro atoms. The quantitative estimate of drug-likeness (QED) is 0.398. The lowest BCUT2D eigenvalue weighted by molar-refractivity contribution is 1.53. The third kappa shape index (κ3) is 3.94. The van der Waals surface area contributed by atoms with E-state index in [9.17, 15) is 0 Å². The minimum atomic E-state index is 0.727. The van der Waals surface area contributed by atoms with Crippen molar-refractivity contribution < 1.29 is 0 Å². The first kappa shape index (κ1) is 4.94. The summed E-state index contributed by atoms with van der Waals surface area (Å²) < 4.78 is 0. The first-order valence-electron chi connectivity index (χ1n) is 1.44. The standard InChI is InChI=1S/C4H6Cl/c1-3-4(2)5/h1-2H3/q+1. The number of hydrogen-bond donors (Lipinski definition) is 0. The second-order valence-electron chi connectivity index (χ2n) is 0.783. The van der Waals surface area contributed by atoms with E-state index in [1.165, 1.54) is 0 Å². The Morgan fingerprint density at radius 2 is 2.00 bits per heavy atom. The highest BCUT2D eigenvalue weighted by Gasteiger charge is 1.84. The molecule has 0 aliphatic rings. The largest absolute Gasteiger partial charge is 0.251 e. The summed E-state index contributed by atoms with van der Waals surface area (Å²) in [5, 5.41) is 0.727. The van der Waals surface area contributed by atoms with Crippen molar-refractivity contribution in [2.75, 3.05) is 0 Å². The Morgan fingerprint density at radius 3 is 2.00 bits per heavy atom. The van der Waals surface area contributed by atoms with Gasteiger partial charge in [-0.25, -0.2) is 0 Å². The van der Waals surface area contributed by atoms with Gasteiger partial charge in [0.15, 0.2) is 6.92 Å². The number of halogens is 1. The van der Waals surface area contributed by atoms with E-state index in [4.69, 9.17) is 11.6 Å². The summed E-state index contributed by atoms with van der Waals surface area (Å²) in [5.74, 6) is 0. The van der Waals surface area contributed by atoms with Crippen LogP contribution in [-0.2, 0) is 0 Å². The molecule has 0 heterocycles. The third-order valence-electron chi connectivity index (χ3n) is 0.344. The molecule has 0 rings (SSSR count). The van der Waals surface area contributed by atoms with Gasteiger partial charge in [0.25, 0.3) is 5.03 Å². The van der Waals surface area contributed by atoms with Crippen molar-refractivity contribution in [1.29, 1.82) is 0 Å². The highest BCUT2D eigenvalue weighted by Crippen LogP contribution is 1.92. The monoisotopic (exact) mass is 89.0 g/mol. The fourth-order valence-electron chi connectivity index (χ4n) is 0. The normalized spacial score (nSPS) is 10.6. The van der Waals surface area contributed by atoms with Gasteiger partial charge in [-0.1, -0.05) is 0 Å². The van der Waals surface area contributed by atoms with Crippen LogP contribution in [0.3, 0.4) is 0 Å². The van der Waals surface area contributed by atoms with E-state index in [2.05, 4.69) is 6.08 Å². The Bertz CT molecular complexity index is 41.6. The predicted octanol–water partition coefficient (Wildman–Crippen LogP) is 1.95. The summed E-state index contributed by atoms with van der Waals surface area (Å²) in [4.78, 5) is 0. The van der Waals surface area contributed by atoms with Crippen LogP contribution in [0.1, 0.15) is 13.8 Å². The highest BCUT2D eigenvalue weighted by molar-refractivity contribution is 6.28. The van der Waals surface area contributed by atoms with Crippen molar-refractivity contribution in [3.63, 3.8) is 0 Å². The zero-order chi connectivity index (χ0) is 4.28. The third-order valence-corrected chi connectivity index (χ3v) is 0.533. The van der Waals surface area contributed by atoms with E-state index in [0.717, 1.165) is 5.03 Å².